The zero-order valence-electron chi connectivity index (χ0n) is 11.0. The van der Waals surface area contributed by atoms with Gasteiger partial charge in [0.15, 0.2) is 5.58 Å². The third-order valence-corrected chi connectivity index (χ3v) is 3.19. The van der Waals surface area contributed by atoms with Crippen LogP contribution in [0.25, 0.3) is 11.1 Å². The minimum absolute atomic E-state index is 0.0658. The van der Waals surface area contributed by atoms with Gasteiger partial charge in [0.25, 0.3) is 0 Å². The number of para-hydroxylation sites is 2. The number of hydrogen-bond acceptors (Lipinski definition) is 4. The number of amides is 1. The van der Waals surface area contributed by atoms with Crippen LogP contribution in [0, 0.1) is 0 Å². The summed E-state index contributed by atoms with van der Waals surface area (Å²) in [6, 6.07) is 6.98. The van der Waals surface area contributed by atoms with Gasteiger partial charge < -0.3 is 15.1 Å². The van der Waals surface area contributed by atoms with Gasteiger partial charge in [-0.2, -0.15) is 0 Å². The Morgan fingerprint density at radius 2 is 2.15 bits per heavy atom. The van der Waals surface area contributed by atoms with E-state index in [-0.39, 0.29) is 12.5 Å². The van der Waals surface area contributed by atoms with Crippen LogP contribution in [0.1, 0.15) is 6.42 Å². The van der Waals surface area contributed by atoms with Crippen molar-refractivity contribution >= 4 is 34.2 Å². The summed E-state index contributed by atoms with van der Waals surface area (Å²) in [7, 11) is 1.65. The Balaban J connectivity index is 2.15. The minimum Gasteiger partial charge on any atom is -0.408 e. The third kappa shape index (κ3) is 3.05. The van der Waals surface area contributed by atoms with Crippen molar-refractivity contribution in [1.82, 2.24) is 9.47 Å². The van der Waals surface area contributed by atoms with Crippen molar-refractivity contribution in [2.75, 3.05) is 13.6 Å². The Bertz CT molecular complexity index is 704. The highest BCUT2D eigenvalue weighted by molar-refractivity contribution is 7.80. The molecule has 0 unspecified atom stereocenters. The van der Waals surface area contributed by atoms with E-state index in [0.717, 1.165) is 0 Å². The maximum atomic E-state index is 12.1. The largest absolute Gasteiger partial charge is 0.420 e. The molecule has 1 aromatic carbocycles. The lowest BCUT2D eigenvalue weighted by atomic mass is 10.3. The Morgan fingerprint density at radius 1 is 1.45 bits per heavy atom. The van der Waals surface area contributed by atoms with Gasteiger partial charge in [-0.25, -0.2) is 4.79 Å². The second-order valence-corrected chi connectivity index (χ2v) is 4.98. The smallest absolute Gasteiger partial charge is 0.408 e. The fraction of sp³-hybridized carbons (Fsp3) is 0.308. The Hall–Kier alpha value is -2.15. The highest BCUT2D eigenvalue weighted by Gasteiger charge is 2.15. The SMILES string of the molecule is CN(CCC(N)=S)C(=O)Cn1c(=O)oc2ccccc21. The summed E-state index contributed by atoms with van der Waals surface area (Å²) < 4.78 is 6.39. The number of likely N-dealkylation sites (N-methyl/N-ethyl adjacent to an activating group) is 1. The van der Waals surface area contributed by atoms with E-state index < -0.39 is 5.76 Å². The average Bonchev–Trinajstić information content (AvgIpc) is 2.72. The number of nitrogens with two attached hydrogens (primary N) is 1. The first kappa shape index (κ1) is 14.3. The molecular weight excluding hydrogens is 278 g/mol. The summed E-state index contributed by atoms with van der Waals surface area (Å²) in [4.78, 5) is 25.7. The molecule has 0 saturated carbocycles. The normalized spacial score (nSPS) is 10.7. The van der Waals surface area contributed by atoms with E-state index in [9.17, 15) is 9.59 Å². The predicted octanol–water partition coefficient (Wildman–Crippen LogP) is 0.729. The lowest BCUT2D eigenvalue weighted by molar-refractivity contribution is -0.130. The summed E-state index contributed by atoms with van der Waals surface area (Å²) in [5.41, 5.74) is 6.47. The van der Waals surface area contributed by atoms with Gasteiger partial charge in [-0.3, -0.25) is 9.36 Å². The van der Waals surface area contributed by atoms with Gasteiger partial charge >= 0.3 is 5.76 Å². The Kier molecular flexibility index (Phi) is 4.19. The van der Waals surface area contributed by atoms with Crippen molar-refractivity contribution < 1.29 is 9.21 Å². The van der Waals surface area contributed by atoms with Crippen LogP contribution in [0.4, 0.5) is 0 Å². The van der Waals surface area contributed by atoms with Crippen LogP contribution in [0.5, 0.6) is 0 Å². The lowest BCUT2D eigenvalue weighted by Gasteiger charge is -2.16. The first-order chi connectivity index (χ1) is 9.49. The summed E-state index contributed by atoms with van der Waals surface area (Å²) in [6.45, 7) is 0.363. The second kappa shape index (κ2) is 5.87. The van der Waals surface area contributed by atoms with Gasteiger partial charge in [0.2, 0.25) is 5.91 Å². The van der Waals surface area contributed by atoms with Crippen LogP contribution in [0.2, 0.25) is 0 Å². The number of oxazole rings is 1. The van der Waals surface area contributed by atoms with E-state index in [0.29, 0.717) is 29.1 Å². The molecule has 0 aliphatic heterocycles. The molecule has 6 nitrogen and oxygen atoms in total. The van der Waals surface area contributed by atoms with Crippen LogP contribution in [-0.2, 0) is 11.3 Å². The van der Waals surface area contributed by atoms with Gasteiger partial charge in [-0.15, -0.1) is 0 Å². The molecule has 0 spiro atoms. The fourth-order valence-corrected chi connectivity index (χ4v) is 1.91. The van der Waals surface area contributed by atoms with Crippen molar-refractivity contribution in [3.05, 3.63) is 34.8 Å². The molecule has 0 fully saturated rings. The molecule has 1 aromatic heterocycles. The molecule has 0 radical (unpaired) electrons. The molecule has 20 heavy (non-hydrogen) atoms. The number of aromatic nitrogens is 1. The molecule has 0 aliphatic carbocycles. The molecule has 0 atom stereocenters. The first-order valence-corrected chi connectivity index (χ1v) is 6.50. The lowest BCUT2D eigenvalue weighted by Crippen LogP contribution is -2.34. The molecule has 1 heterocycles. The summed E-state index contributed by atoms with van der Waals surface area (Å²) in [6.07, 6.45) is 0.457. The second-order valence-electron chi connectivity index (χ2n) is 4.45. The molecule has 0 bridgehead atoms. The fourth-order valence-electron chi connectivity index (χ4n) is 1.82. The number of thiocarbonyl (C=S) groups is 1. The average molecular weight is 293 g/mol. The number of nitrogens with zero attached hydrogens (tertiary/aromatic N) is 2. The molecule has 0 saturated heterocycles. The van der Waals surface area contributed by atoms with Crippen molar-refractivity contribution in [2.24, 2.45) is 5.73 Å². The van der Waals surface area contributed by atoms with Crippen molar-refractivity contribution in [2.45, 2.75) is 13.0 Å². The molecule has 2 rings (SSSR count). The van der Waals surface area contributed by atoms with E-state index in [1.807, 2.05) is 0 Å². The topological polar surface area (TPSA) is 81.5 Å². The quantitative estimate of drug-likeness (QED) is 0.822. The predicted molar refractivity (Wildman–Crippen MR) is 79.5 cm³/mol. The van der Waals surface area contributed by atoms with Crippen LogP contribution in [-0.4, -0.2) is 34.0 Å². The molecule has 0 aliphatic rings. The standard InChI is InChI=1S/C13H15N3O3S/c1-15(7-6-11(14)20)12(17)8-16-9-4-2-3-5-10(9)19-13(16)18/h2-5H,6-8H2,1H3,(H2,14,20). The zero-order chi connectivity index (χ0) is 14.7. The molecule has 1 amide bonds. The van der Waals surface area contributed by atoms with Crippen molar-refractivity contribution in [3.63, 3.8) is 0 Å². The molecule has 7 heteroatoms. The van der Waals surface area contributed by atoms with Crippen LogP contribution in [0.3, 0.4) is 0 Å². The van der Waals surface area contributed by atoms with E-state index in [2.05, 4.69) is 0 Å². The van der Waals surface area contributed by atoms with Gasteiger partial charge in [0.1, 0.15) is 6.54 Å². The van der Waals surface area contributed by atoms with Crippen LogP contribution < -0.4 is 11.5 Å². The molecule has 2 aromatic rings. The monoisotopic (exact) mass is 293 g/mol. The molecular formula is C13H15N3O3S. The van der Waals surface area contributed by atoms with Crippen molar-refractivity contribution in [1.29, 1.82) is 0 Å². The molecule has 106 valence electrons. The van der Waals surface area contributed by atoms with E-state index in [1.54, 1.807) is 31.3 Å². The Morgan fingerprint density at radius 3 is 2.85 bits per heavy atom. The number of carbonyl (C=O) groups is 1. The van der Waals surface area contributed by atoms with Gasteiger partial charge in [-0.1, -0.05) is 24.4 Å². The number of rotatable bonds is 5. The highest BCUT2D eigenvalue weighted by atomic mass is 32.1. The van der Waals surface area contributed by atoms with Gasteiger partial charge in [0, 0.05) is 20.0 Å². The zero-order valence-corrected chi connectivity index (χ0v) is 11.9. The summed E-state index contributed by atoms with van der Waals surface area (Å²) in [5, 5.41) is 0. The van der Waals surface area contributed by atoms with E-state index >= 15 is 0 Å². The highest BCUT2D eigenvalue weighted by Crippen LogP contribution is 2.11. The number of fused-ring (bicyclic) bond motifs is 1. The third-order valence-electron chi connectivity index (χ3n) is 2.99. The van der Waals surface area contributed by atoms with Crippen LogP contribution in [0.15, 0.2) is 33.5 Å². The van der Waals surface area contributed by atoms with Gasteiger partial charge in [0.05, 0.1) is 10.5 Å². The summed E-state index contributed by atoms with van der Waals surface area (Å²) in [5.74, 6) is -0.739. The molecule has 2 N–H and O–H groups in total. The van der Waals surface area contributed by atoms with Crippen molar-refractivity contribution in [3.8, 4) is 0 Å². The maximum Gasteiger partial charge on any atom is 0.420 e. The first-order valence-electron chi connectivity index (χ1n) is 6.09. The van der Waals surface area contributed by atoms with E-state index in [4.69, 9.17) is 22.4 Å². The van der Waals surface area contributed by atoms with Gasteiger partial charge in [-0.05, 0) is 12.1 Å². The number of benzene rings is 1. The number of carbonyl (C=O) groups excluding carboxylic acids is 1. The Labute approximate surface area is 120 Å². The summed E-state index contributed by atoms with van der Waals surface area (Å²) >= 11 is 4.77. The minimum atomic E-state index is -0.540. The van der Waals surface area contributed by atoms with E-state index in [1.165, 1.54) is 9.47 Å². The number of hydrogen-bond donors (Lipinski definition) is 1. The maximum absolute atomic E-state index is 12.1. The van der Waals surface area contributed by atoms with Crippen LogP contribution >= 0.6 is 12.2 Å².